The number of alkyl carbamates (subject to hydrolysis) is 2. The van der Waals surface area contributed by atoms with Crippen LogP contribution in [0.2, 0.25) is 0 Å². The first-order valence-corrected chi connectivity index (χ1v) is 8.85. The Bertz CT molecular complexity index is 414. The molecule has 0 aromatic carbocycles. The van der Waals surface area contributed by atoms with Crippen molar-refractivity contribution in [1.82, 2.24) is 10.6 Å². The number of ether oxygens (including phenoxy) is 2. The molecule has 0 aliphatic rings. The predicted molar refractivity (Wildman–Crippen MR) is 92.4 cm³/mol. The second-order valence-electron chi connectivity index (χ2n) is 5.44. The molecule has 0 spiro atoms. The molecular weight excluding hydrogens is 328 g/mol. The molecule has 144 valence electrons. The fourth-order valence-electron chi connectivity index (χ4n) is 2.18. The zero-order valence-electron chi connectivity index (χ0n) is 15.2. The van der Waals surface area contributed by atoms with Crippen LogP contribution in [0.5, 0.6) is 0 Å². The topological polar surface area (TPSA) is 111 Å². The number of hydrogen-bond acceptors (Lipinski definition) is 6. The highest BCUT2D eigenvalue weighted by Crippen LogP contribution is 2.08. The first kappa shape index (κ1) is 22.9. The smallest absolute Gasteiger partial charge is 0.407 e. The molecule has 0 aromatic heterocycles. The highest BCUT2D eigenvalue weighted by Gasteiger charge is 2.20. The van der Waals surface area contributed by atoms with Crippen molar-refractivity contribution in [3.8, 4) is 0 Å². The van der Waals surface area contributed by atoms with E-state index >= 15 is 0 Å². The number of rotatable bonds is 14. The fourth-order valence-corrected chi connectivity index (χ4v) is 2.18. The number of ketones is 1. The van der Waals surface area contributed by atoms with Crippen LogP contribution in [0.3, 0.4) is 0 Å². The summed E-state index contributed by atoms with van der Waals surface area (Å²) in [4.78, 5) is 45.3. The first-order valence-electron chi connectivity index (χ1n) is 8.85. The summed E-state index contributed by atoms with van der Waals surface area (Å²) in [6, 6.07) is -0.613. The molecule has 0 saturated carbocycles. The Labute approximate surface area is 149 Å². The van der Waals surface area contributed by atoms with Crippen molar-refractivity contribution in [2.24, 2.45) is 0 Å². The molecule has 8 heteroatoms. The highest BCUT2D eigenvalue weighted by atomic mass is 16.6. The quantitative estimate of drug-likeness (QED) is 0.364. The molecule has 0 heterocycles. The van der Waals surface area contributed by atoms with Crippen molar-refractivity contribution in [1.29, 1.82) is 0 Å². The van der Waals surface area contributed by atoms with E-state index in [2.05, 4.69) is 10.6 Å². The van der Waals surface area contributed by atoms with Gasteiger partial charge in [-0.15, -0.1) is 0 Å². The van der Waals surface area contributed by atoms with Gasteiger partial charge in [-0.05, 0) is 46.0 Å². The predicted octanol–water partition coefficient (Wildman–Crippen LogP) is 2.35. The monoisotopic (exact) mass is 358 g/mol. The summed E-state index contributed by atoms with van der Waals surface area (Å²) in [5.74, 6) is -0.0719. The molecule has 8 nitrogen and oxygen atoms in total. The molecule has 2 N–H and O–H groups in total. The third kappa shape index (κ3) is 12.9. The van der Waals surface area contributed by atoms with Gasteiger partial charge in [0.2, 0.25) is 0 Å². The number of amides is 2. The summed E-state index contributed by atoms with van der Waals surface area (Å²) in [6.07, 6.45) is 3.56. The third-order valence-electron chi connectivity index (χ3n) is 3.42. The van der Waals surface area contributed by atoms with Crippen LogP contribution in [0.25, 0.3) is 0 Å². The molecule has 0 fully saturated rings. The summed E-state index contributed by atoms with van der Waals surface area (Å²) in [5.41, 5.74) is 0. The van der Waals surface area contributed by atoms with Crippen LogP contribution in [-0.4, -0.2) is 50.1 Å². The number of unbranched alkanes of at least 4 members (excludes halogenated alkanes) is 3. The second kappa shape index (κ2) is 15.4. The number of Topliss-reactive ketones (excluding diaryl/α,β-unsaturated/α-hetero) is 1. The number of carbonyl (C=O) groups is 4. The van der Waals surface area contributed by atoms with Crippen molar-refractivity contribution in [3.63, 3.8) is 0 Å². The van der Waals surface area contributed by atoms with E-state index in [1.807, 2.05) is 0 Å². The molecule has 0 aliphatic heterocycles. The van der Waals surface area contributed by atoms with Gasteiger partial charge in [-0.1, -0.05) is 0 Å². The summed E-state index contributed by atoms with van der Waals surface area (Å²) >= 11 is 0. The van der Waals surface area contributed by atoms with Crippen LogP contribution in [0, 0.1) is 0 Å². The standard InChI is InChI=1S/C17H30N2O6/c1-3-24-16(22)18-12-8-7-10-14(19-17(23)25-4-2)15(21)11-6-5-9-13-20/h13-14H,3-12H2,1-2H3,(H,18,22)(H,19,23). The molecular formula is C17H30N2O6. The zero-order valence-corrected chi connectivity index (χ0v) is 15.2. The van der Waals surface area contributed by atoms with E-state index in [1.165, 1.54) is 0 Å². The van der Waals surface area contributed by atoms with Gasteiger partial charge in [0.1, 0.15) is 6.29 Å². The summed E-state index contributed by atoms with van der Waals surface area (Å²) in [7, 11) is 0. The van der Waals surface area contributed by atoms with Crippen LogP contribution < -0.4 is 10.6 Å². The molecule has 0 saturated heterocycles. The van der Waals surface area contributed by atoms with Gasteiger partial charge in [0.25, 0.3) is 0 Å². The summed E-state index contributed by atoms with van der Waals surface area (Å²) < 4.78 is 9.58. The van der Waals surface area contributed by atoms with E-state index in [0.29, 0.717) is 58.1 Å². The van der Waals surface area contributed by atoms with Crippen molar-refractivity contribution < 1.29 is 28.7 Å². The van der Waals surface area contributed by atoms with Crippen molar-refractivity contribution in [2.45, 2.75) is 64.8 Å². The Balaban J connectivity index is 4.24. The van der Waals surface area contributed by atoms with Crippen molar-refractivity contribution in [2.75, 3.05) is 19.8 Å². The molecule has 0 bridgehead atoms. The van der Waals surface area contributed by atoms with Gasteiger partial charge in [-0.3, -0.25) is 4.79 Å². The Morgan fingerprint density at radius 2 is 1.64 bits per heavy atom. The van der Waals surface area contributed by atoms with Crippen LogP contribution in [0.15, 0.2) is 0 Å². The summed E-state index contributed by atoms with van der Waals surface area (Å²) in [6.45, 7) is 4.41. The van der Waals surface area contributed by atoms with Gasteiger partial charge in [-0.2, -0.15) is 0 Å². The molecule has 0 aliphatic carbocycles. The van der Waals surface area contributed by atoms with Crippen LogP contribution in [-0.2, 0) is 19.1 Å². The fraction of sp³-hybridized carbons (Fsp3) is 0.765. The molecule has 0 rings (SSSR count). The lowest BCUT2D eigenvalue weighted by Crippen LogP contribution is -2.41. The maximum absolute atomic E-state index is 12.3. The van der Waals surface area contributed by atoms with Gasteiger partial charge in [-0.25, -0.2) is 9.59 Å². The largest absolute Gasteiger partial charge is 0.450 e. The maximum atomic E-state index is 12.3. The minimum atomic E-state index is -0.613. The molecule has 1 atom stereocenters. The normalized spacial score (nSPS) is 11.3. The van der Waals surface area contributed by atoms with Gasteiger partial charge in [0.05, 0.1) is 19.3 Å². The molecule has 2 amide bonds. The second-order valence-corrected chi connectivity index (χ2v) is 5.44. The van der Waals surface area contributed by atoms with Crippen molar-refractivity contribution >= 4 is 24.3 Å². The summed E-state index contributed by atoms with van der Waals surface area (Å²) in [5, 5.41) is 5.19. The Morgan fingerprint density at radius 1 is 0.960 bits per heavy atom. The van der Waals surface area contributed by atoms with E-state index in [9.17, 15) is 19.2 Å². The lowest BCUT2D eigenvalue weighted by molar-refractivity contribution is -0.121. The van der Waals surface area contributed by atoms with Gasteiger partial charge < -0.3 is 24.9 Å². The maximum Gasteiger partial charge on any atom is 0.407 e. The van der Waals surface area contributed by atoms with Gasteiger partial charge in [0, 0.05) is 19.4 Å². The average molecular weight is 358 g/mol. The van der Waals surface area contributed by atoms with Crippen LogP contribution in [0.1, 0.15) is 58.8 Å². The van der Waals surface area contributed by atoms with Crippen molar-refractivity contribution in [3.05, 3.63) is 0 Å². The van der Waals surface area contributed by atoms with E-state index < -0.39 is 18.2 Å². The number of nitrogens with one attached hydrogen (secondary N) is 2. The zero-order chi connectivity index (χ0) is 18.9. The highest BCUT2D eigenvalue weighted by molar-refractivity contribution is 5.87. The van der Waals surface area contributed by atoms with E-state index in [-0.39, 0.29) is 12.4 Å². The van der Waals surface area contributed by atoms with Gasteiger partial charge >= 0.3 is 12.2 Å². The average Bonchev–Trinajstić information content (AvgIpc) is 2.57. The lowest BCUT2D eigenvalue weighted by Gasteiger charge is -2.17. The minimum absolute atomic E-state index is 0.0719. The SMILES string of the molecule is CCOC(=O)NCCCCC(NC(=O)OCC)C(=O)CCCCC=O. The van der Waals surface area contributed by atoms with Crippen LogP contribution in [0.4, 0.5) is 9.59 Å². The minimum Gasteiger partial charge on any atom is -0.450 e. The first-order chi connectivity index (χ1) is 12.0. The van der Waals surface area contributed by atoms with E-state index in [1.54, 1.807) is 13.8 Å². The Hall–Kier alpha value is -2.12. The molecule has 25 heavy (non-hydrogen) atoms. The Kier molecular flexibility index (Phi) is 14.1. The van der Waals surface area contributed by atoms with Crippen LogP contribution >= 0.6 is 0 Å². The Morgan fingerprint density at radius 3 is 2.28 bits per heavy atom. The molecule has 0 aromatic rings. The van der Waals surface area contributed by atoms with E-state index in [0.717, 1.165) is 6.29 Å². The molecule has 0 radical (unpaired) electrons. The number of carbonyl (C=O) groups excluding carboxylic acids is 4. The van der Waals surface area contributed by atoms with E-state index in [4.69, 9.17) is 9.47 Å². The third-order valence-corrected chi connectivity index (χ3v) is 3.42. The molecule has 1 unspecified atom stereocenters. The number of aldehydes is 1. The number of hydrogen-bond donors (Lipinski definition) is 2. The van der Waals surface area contributed by atoms with Gasteiger partial charge in [0.15, 0.2) is 5.78 Å². The lowest BCUT2D eigenvalue weighted by atomic mass is 10.0.